The molecule has 1 amide bonds. The standard InChI is InChI=1S/C21H24FNO/c22-19-12-9-17(10-13-19)11-14-21(24)23-15-5-4-8-20(23)16-18-6-2-1-3-7-18/h1-3,6-7,9-10,12-13,20H,4-5,8,11,14-16H2. The maximum absolute atomic E-state index is 13.0. The van der Waals surface area contributed by atoms with E-state index in [0.717, 1.165) is 31.4 Å². The van der Waals surface area contributed by atoms with E-state index in [2.05, 4.69) is 29.2 Å². The summed E-state index contributed by atoms with van der Waals surface area (Å²) in [4.78, 5) is 14.8. The monoisotopic (exact) mass is 325 g/mol. The molecule has 2 nitrogen and oxygen atoms in total. The van der Waals surface area contributed by atoms with Gasteiger partial charge in [0.1, 0.15) is 5.82 Å². The van der Waals surface area contributed by atoms with Gasteiger partial charge in [-0.25, -0.2) is 4.39 Å². The Balaban J connectivity index is 1.59. The third kappa shape index (κ3) is 4.44. The highest BCUT2D eigenvalue weighted by Gasteiger charge is 2.26. The molecule has 0 radical (unpaired) electrons. The van der Waals surface area contributed by atoms with Crippen molar-refractivity contribution in [2.75, 3.05) is 6.54 Å². The van der Waals surface area contributed by atoms with E-state index in [1.54, 1.807) is 12.1 Å². The Morgan fingerprint density at radius 1 is 1.00 bits per heavy atom. The van der Waals surface area contributed by atoms with Gasteiger partial charge in [-0.05, 0) is 55.4 Å². The second-order valence-electron chi connectivity index (χ2n) is 6.55. The first kappa shape index (κ1) is 16.7. The molecule has 0 N–H and O–H groups in total. The summed E-state index contributed by atoms with van der Waals surface area (Å²) in [5.74, 6) is -0.0102. The number of piperidine rings is 1. The Hall–Kier alpha value is -2.16. The number of rotatable bonds is 5. The highest BCUT2D eigenvalue weighted by atomic mass is 19.1. The van der Waals surface area contributed by atoms with E-state index in [1.807, 2.05) is 6.07 Å². The zero-order chi connectivity index (χ0) is 16.8. The van der Waals surface area contributed by atoms with E-state index in [0.29, 0.717) is 18.9 Å². The van der Waals surface area contributed by atoms with Crippen LogP contribution in [0.15, 0.2) is 54.6 Å². The van der Waals surface area contributed by atoms with Gasteiger partial charge in [-0.2, -0.15) is 0 Å². The van der Waals surface area contributed by atoms with Crippen molar-refractivity contribution >= 4 is 5.91 Å². The Labute approximate surface area is 143 Å². The second-order valence-corrected chi connectivity index (χ2v) is 6.55. The molecular formula is C21H24FNO. The summed E-state index contributed by atoms with van der Waals surface area (Å²) in [5, 5.41) is 0. The number of carbonyl (C=O) groups is 1. The number of hydrogen-bond donors (Lipinski definition) is 0. The Morgan fingerprint density at radius 2 is 1.75 bits per heavy atom. The molecule has 1 heterocycles. The molecule has 0 bridgehead atoms. The van der Waals surface area contributed by atoms with Crippen LogP contribution in [-0.4, -0.2) is 23.4 Å². The number of amides is 1. The first-order valence-electron chi connectivity index (χ1n) is 8.80. The fourth-order valence-corrected chi connectivity index (χ4v) is 3.47. The van der Waals surface area contributed by atoms with Crippen molar-refractivity contribution in [1.82, 2.24) is 4.90 Å². The maximum atomic E-state index is 13.0. The zero-order valence-corrected chi connectivity index (χ0v) is 14.0. The minimum absolute atomic E-state index is 0.222. The lowest BCUT2D eigenvalue weighted by molar-refractivity contribution is -0.134. The minimum Gasteiger partial charge on any atom is -0.339 e. The van der Waals surface area contributed by atoms with E-state index in [1.165, 1.54) is 24.1 Å². The van der Waals surface area contributed by atoms with Gasteiger partial charge in [0.25, 0.3) is 0 Å². The summed E-state index contributed by atoms with van der Waals surface area (Å²) in [6, 6.07) is 17.2. The Morgan fingerprint density at radius 3 is 2.50 bits per heavy atom. The zero-order valence-electron chi connectivity index (χ0n) is 14.0. The van der Waals surface area contributed by atoms with Crippen LogP contribution in [0.4, 0.5) is 4.39 Å². The van der Waals surface area contributed by atoms with Crippen molar-refractivity contribution in [2.24, 2.45) is 0 Å². The molecule has 0 aliphatic carbocycles. The first-order chi connectivity index (χ1) is 11.7. The number of halogens is 1. The lowest BCUT2D eigenvalue weighted by Crippen LogP contribution is -2.44. The summed E-state index contributed by atoms with van der Waals surface area (Å²) in [5.41, 5.74) is 2.31. The topological polar surface area (TPSA) is 20.3 Å². The van der Waals surface area contributed by atoms with Gasteiger partial charge in [-0.1, -0.05) is 42.5 Å². The van der Waals surface area contributed by atoms with E-state index >= 15 is 0 Å². The van der Waals surface area contributed by atoms with Crippen LogP contribution in [0.1, 0.15) is 36.8 Å². The largest absolute Gasteiger partial charge is 0.339 e. The van der Waals surface area contributed by atoms with Crippen molar-refractivity contribution in [3.05, 3.63) is 71.5 Å². The Bertz CT molecular complexity index is 653. The third-order valence-corrected chi connectivity index (χ3v) is 4.80. The molecule has 2 aromatic rings. The molecular weight excluding hydrogens is 301 g/mol. The first-order valence-corrected chi connectivity index (χ1v) is 8.80. The van der Waals surface area contributed by atoms with Gasteiger partial charge in [-0.15, -0.1) is 0 Å². The number of hydrogen-bond acceptors (Lipinski definition) is 1. The average Bonchev–Trinajstić information content (AvgIpc) is 2.62. The van der Waals surface area contributed by atoms with Crippen LogP contribution in [0.25, 0.3) is 0 Å². The van der Waals surface area contributed by atoms with Crippen LogP contribution in [0.2, 0.25) is 0 Å². The smallest absolute Gasteiger partial charge is 0.223 e. The number of aryl methyl sites for hydroxylation is 1. The van der Waals surface area contributed by atoms with Crippen LogP contribution in [0, 0.1) is 5.82 Å². The van der Waals surface area contributed by atoms with Crippen molar-refractivity contribution in [2.45, 2.75) is 44.6 Å². The summed E-state index contributed by atoms with van der Waals surface area (Å²) < 4.78 is 13.0. The highest BCUT2D eigenvalue weighted by molar-refractivity contribution is 5.77. The lowest BCUT2D eigenvalue weighted by atomic mass is 9.95. The van der Waals surface area contributed by atoms with E-state index in [-0.39, 0.29) is 11.7 Å². The van der Waals surface area contributed by atoms with Gasteiger partial charge in [0.05, 0.1) is 0 Å². The number of benzene rings is 2. The van der Waals surface area contributed by atoms with Crippen molar-refractivity contribution in [1.29, 1.82) is 0 Å². The van der Waals surface area contributed by atoms with Gasteiger partial charge in [0.2, 0.25) is 5.91 Å². The molecule has 0 saturated carbocycles. The molecule has 0 spiro atoms. The fraction of sp³-hybridized carbons (Fsp3) is 0.381. The van der Waals surface area contributed by atoms with Crippen LogP contribution < -0.4 is 0 Å². The molecule has 0 aromatic heterocycles. The lowest BCUT2D eigenvalue weighted by Gasteiger charge is -2.36. The summed E-state index contributed by atoms with van der Waals surface area (Å²) >= 11 is 0. The van der Waals surface area contributed by atoms with E-state index in [4.69, 9.17) is 0 Å². The van der Waals surface area contributed by atoms with E-state index < -0.39 is 0 Å². The minimum atomic E-state index is -0.232. The summed E-state index contributed by atoms with van der Waals surface area (Å²) in [6.07, 6.45) is 5.47. The molecule has 1 aliphatic rings. The molecule has 1 unspecified atom stereocenters. The van der Waals surface area contributed by atoms with Gasteiger partial charge in [0, 0.05) is 19.0 Å². The molecule has 3 heteroatoms. The van der Waals surface area contributed by atoms with Crippen molar-refractivity contribution in [3.8, 4) is 0 Å². The predicted octanol–water partition coefficient (Wildman–Crippen LogP) is 4.38. The van der Waals surface area contributed by atoms with Crippen LogP contribution >= 0.6 is 0 Å². The SMILES string of the molecule is O=C(CCc1ccc(F)cc1)N1CCCCC1Cc1ccccc1. The van der Waals surface area contributed by atoms with Gasteiger partial charge in [0.15, 0.2) is 0 Å². The molecule has 1 atom stereocenters. The van der Waals surface area contributed by atoms with Crippen LogP contribution in [-0.2, 0) is 17.6 Å². The summed E-state index contributed by atoms with van der Waals surface area (Å²) in [6.45, 7) is 0.861. The van der Waals surface area contributed by atoms with Crippen molar-refractivity contribution in [3.63, 3.8) is 0 Å². The molecule has 1 aliphatic heterocycles. The molecule has 1 fully saturated rings. The normalized spacial score (nSPS) is 17.7. The predicted molar refractivity (Wildman–Crippen MR) is 94.2 cm³/mol. The fourth-order valence-electron chi connectivity index (χ4n) is 3.47. The third-order valence-electron chi connectivity index (χ3n) is 4.80. The van der Waals surface area contributed by atoms with Gasteiger partial charge < -0.3 is 4.90 Å². The highest BCUT2D eigenvalue weighted by Crippen LogP contribution is 2.22. The van der Waals surface area contributed by atoms with E-state index in [9.17, 15) is 9.18 Å². The number of nitrogens with zero attached hydrogens (tertiary/aromatic N) is 1. The molecule has 2 aromatic carbocycles. The van der Waals surface area contributed by atoms with Gasteiger partial charge >= 0.3 is 0 Å². The average molecular weight is 325 g/mol. The summed E-state index contributed by atoms with van der Waals surface area (Å²) in [7, 11) is 0. The Kier molecular flexibility index (Phi) is 5.63. The molecule has 126 valence electrons. The van der Waals surface area contributed by atoms with Crippen molar-refractivity contribution < 1.29 is 9.18 Å². The molecule has 1 saturated heterocycles. The maximum Gasteiger partial charge on any atom is 0.223 e. The van der Waals surface area contributed by atoms with Gasteiger partial charge in [-0.3, -0.25) is 4.79 Å². The molecule has 3 rings (SSSR count). The number of likely N-dealkylation sites (tertiary alicyclic amines) is 1. The van der Waals surface area contributed by atoms with Crippen LogP contribution in [0.5, 0.6) is 0 Å². The second kappa shape index (κ2) is 8.09. The molecule has 24 heavy (non-hydrogen) atoms. The quantitative estimate of drug-likeness (QED) is 0.799. The number of carbonyl (C=O) groups excluding carboxylic acids is 1. The van der Waals surface area contributed by atoms with Crippen LogP contribution in [0.3, 0.4) is 0 Å².